The topological polar surface area (TPSA) is 125 Å². The molecule has 0 radical (unpaired) electrons. The zero-order chi connectivity index (χ0) is 17.1. The molecule has 1 atom stereocenters. The molecule has 0 amide bonds. The minimum absolute atomic E-state index is 0.105. The van der Waals surface area contributed by atoms with Crippen LogP contribution in [-0.4, -0.2) is 43.1 Å². The first-order chi connectivity index (χ1) is 11.6. The van der Waals surface area contributed by atoms with Crippen LogP contribution in [0.4, 0.5) is 11.5 Å². The second kappa shape index (κ2) is 6.81. The molecule has 0 aliphatic heterocycles. The number of fused-ring (bicyclic) bond motifs is 1. The summed E-state index contributed by atoms with van der Waals surface area (Å²) in [5.74, 6) is 0.529. The number of anilines is 2. The monoisotopic (exact) mass is 348 g/mol. The maximum atomic E-state index is 10.9. The normalized spacial score (nSPS) is 12.1. The summed E-state index contributed by atoms with van der Waals surface area (Å²) >= 11 is -2.31. The molecule has 3 rings (SSSR count). The minimum atomic E-state index is -2.31. The highest BCUT2D eigenvalue weighted by Gasteiger charge is 2.16. The summed E-state index contributed by atoms with van der Waals surface area (Å²) in [5, 5.41) is 10.8. The lowest BCUT2D eigenvalue weighted by Crippen LogP contribution is -2.07. The van der Waals surface area contributed by atoms with E-state index in [9.17, 15) is 8.76 Å². The van der Waals surface area contributed by atoms with Gasteiger partial charge in [-0.1, -0.05) is 0 Å². The number of methoxy groups -OCH3 is 2. The molecule has 9 nitrogen and oxygen atoms in total. The van der Waals surface area contributed by atoms with Gasteiger partial charge < -0.3 is 19.3 Å². The van der Waals surface area contributed by atoms with E-state index in [1.807, 2.05) is 18.2 Å². The van der Waals surface area contributed by atoms with Crippen molar-refractivity contribution >= 4 is 33.5 Å². The van der Waals surface area contributed by atoms with E-state index in [2.05, 4.69) is 25.5 Å². The van der Waals surface area contributed by atoms with E-state index < -0.39 is 11.1 Å². The Morgan fingerprint density at radius 3 is 2.83 bits per heavy atom. The number of hydrogen-bond acceptors (Lipinski definition) is 8. The fourth-order valence-electron chi connectivity index (χ4n) is 2.21. The van der Waals surface area contributed by atoms with Crippen LogP contribution in [0.15, 0.2) is 24.4 Å². The van der Waals surface area contributed by atoms with Crippen LogP contribution in [0.2, 0.25) is 0 Å². The van der Waals surface area contributed by atoms with E-state index in [4.69, 9.17) is 9.47 Å². The quantitative estimate of drug-likeness (QED) is 0.642. The van der Waals surface area contributed by atoms with Crippen LogP contribution in [0.1, 0.15) is 5.82 Å². The number of benzene rings is 1. The van der Waals surface area contributed by atoms with Crippen LogP contribution in [0.3, 0.4) is 0 Å². The molecule has 0 bridgehead atoms. The van der Waals surface area contributed by atoms with Crippen LogP contribution in [-0.2, 0) is 16.8 Å². The van der Waals surface area contributed by atoms with Crippen molar-refractivity contribution in [3.05, 3.63) is 30.2 Å². The molecule has 0 saturated heterocycles. The Bertz CT molecular complexity index is 898. The van der Waals surface area contributed by atoms with Crippen molar-refractivity contribution in [1.29, 1.82) is 0 Å². The molecule has 2 aromatic heterocycles. The number of aromatic amines is 1. The number of hydrogen-bond donors (Lipinski definition) is 2. The van der Waals surface area contributed by atoms with Gasteiger partial charge in [-0.15, -0.1) is 0 Å². The zero-order valence-electron chi connectivity index (χ0n) is 12.9. The van der Waals surface area contributed by atoms with Crippen molar-refractivity contribution in [1.82, 2.24) is 20.2 Å². The number of rotatable bonds is 6. The summed E-state index contributed by atoms with van der Waals surface area (Å²) in [5.41, 5.74) is 1.63. The Kier molecular flexibility index (Phi) is 4.58. The third-order valence-corrected chi connectivity index (χ3v) is 3.72. The fraction of sp³-hybridized carbons (Fsp3) is 0.214. The highest BCUT2D eigenvalue weighted by atomic mass is 32.2. The van der Waals surface area contributed by atoms with Crippen molar-refractivity contribution in [3.8, 4) is 11.6 Å². The maximum absolute atomic E-state index is 10.9. The Morgan fingerprint density at radius 2 is 2.12 bits per heavy atom. The van der Waals surface area contributed by atoms with E-state index in [0.29, 0.717) is 5.82 Å². The van der Waals surface area contributed by atoms with Crippen LogP contribution >= 0.6 is 0 Å². The van der Waals surface area contributed by atoms with Gasteiger partial charge in [-0.25, -0.2) is 4.98 Å². The molecule has 3 aromatic rings. The molecule has 1 unspecified atom stereocenters. The molecule has 126 valence electrons. The van der Waals surface area contributed by atoms with Crippen LogP contribution in [0.5, 0.6) is 11.6 Å². The Balaban J connectivity index is 2.01. The van der Waals surface area contributed by atoms with Gasteiger partial charge in [-0.2, -0.15) is 10.1 Å². The lowest BCUT2D eigenvalue weighted by molar-refractivity contribution is 0.341. The van der Waals surface area contributed by atoms with Crippen LogP contribution < -0.4 is 14.8 Å². The molecule has 0 fully saturated rings. The molecule has 2 heterocycles. The van der Waals surface area contributed by atoms with Gasteiger partial charge in [0.25, 0.3) is 5.88 Å². The SMILES string of the molecule is COc1nc(CS(=O)[O-])nc(Nc2ccc3[nH]ncc3c2)c1OC. The van der Waals surface area contributed by atoms with E-state index in [-0.39, 0.29) is 23.2 Å². The largest absolute Gasteiger partial charge is 0.772 e. The van der Waals surface area contributed by atoms with Crippen molar-refractivity contribution in [3.63, 3.8) is 0 Å². The number of nitrogens with zero attached hydrogens (tertiary/aromatic N) is 3. The lowest BCUT2D eigenvalue weighted by Gasteiger charge is -2.15. The van der Waals surface area contributed by atoms with E-state index in [1.165, 1.54) is 14.2 Å². The first-order valence-electron chi connectivity index (χ1n) is 6.85. The molecular weight excluding hydrogens is 334 g/mol. The minimum Gasteiger partial charge on any atom is -0.772 e. The van der Waals surface area contributed by atoms with Gasteiger partial charge in [0.2, 0.25) is 5.75 Å². The number of aromatic nitrogens is 4. The van der Waals surface area contributed by atoms with Gasteiger partial charge in [-0.3, -0.25) is 9.31 Å². The summed E-state index contributed by atoms with van der Waals surface area (Å²) in [6.07, 6.45) is 1.70. The third kappa shape index (κ3) is 3.29. The summed E-state index contributed by atoms with van der Waals surface area (Å²) in [7, 11) is 2.88. The highest BCUT2D eigenvalue weighted by Crippen LogP contribution is 2.34. The average Bonchev–Trinajstić information content (AvgIpc) is 3.01. The maximum Gasteiger partial charge on any atom is 0.262 e. The lowest BCUT2D eigenvalue weighted by atomic mass is 10.2. The predicted molar refractivity (Wildman–Crippen MR) is 87.1 cm³/mol. The molecule has 0 spiro atoms. The Hall–Kier alpha value is -2.72. The molecule has 24 heavy (non-hydrogen) atoms. The van der Waals surface area contributed by atoms with Crippen molar-refractivity contribution in [2.24, 2.45) is 0 Å². The third-order valence-electron chi connectivity index (χ3n) is 3.23. The first-order valence-corrected chi connectivity index (χ1v) is 8.10. The van der Waals surface area contributed by atoms with Gasteiger partial charge in [0.15, 0.2) is 5.82 Å². The van der Waals surface area contributed by atoms with Gasteiger partial charge in [0.05, 0.1) is 31.7 Å². The summed E-state index contributed by atoms with van der Waals surface area (Å²) in [6, 6.07) is 5.57. The van der Waals surface area contributed by atoms with Gasteiger partial charge in [0.1, 0.15) is 5.82 Å². The second-order valence-electron chi connectivity index (χ2n) is 4.78. The summed E-state index contributed by atoms with van der Waals surface area (Å²) in [6.45, 7) is 0. The number of ether oxygens (including phenoxy) is 2. The van der Waals surface area contributed by atoms with Crippen molar-refractivity contribution < 1.29 is 18.2 Å². The van der Waals surface area contributed by atoms with Gasteiger partial charge in [0, 0.05) is 11.1 Å². The summed E-state index contributed by atoms with van der Waals surface area (Å²) in [4.78, 5) is 8.25. The Labute approximate surface area is 139 Å². The molecule has 10 heteroatoms. The molecule has 0 aliphatic rings. The standard InChI is InChI=1S/C14H15N5O4S/c1-22-12-13(17-11(7-24(20)21)18-14(12)23-2)16-9-3-4-10-8(5-9)6-15-19-10/h3-6H,7H2,1-2H3,(H,15,19)(H,20,21)(H,16,17,18)/p-1. The molecule has 1 aromatic carbocycles. The first kappa shape index (κ1) is 16.1. The Morgan fingerprint density at radius 1 is 1.29 bits per heavy atom. The van der Waals surface area contributed by atoms with E-state index >= 15 is 0 Å². The van der Waals surface area contributed by atoms with Crippen LogP contribution in [0.25, 0.3) is 10.9 Å². The molecule has 0 aliphatic carbocycles. The van der Waals surface area contributed by atoms with Crippen molar-refractivity contribution in [2.45, 2.75) is 5.75 Å². The number of H-pyrrole nitrogens is 1. The van der Waals surface area contributed by atoms with Gasteiger partial charge >= 0.3 is 0 Å². The molecule has 0 saturated carbocycles. The number of nitrogens with one attached hydrogen (secondary N) is 2. The van der Waals surface area contributed by atoms with E-state index in [1.54, 1.807) is 6.20 Å². The second-order valence-corrected chi connectivity index (χ2v) is 5.67. The van der Waals surface area contributed by atoms with Gasteiger partial charge in [-0.05, 0) is 29.3 Å². The smallest absolute Gasteiger partial charge is 0.262 e. The predicted octanol–water partition coefficient (Wildman–Crippen LogP) is 1.49. The average molecular weight is 348 g/mol. The molecular formula is C14H14N5O4S-. The highest BCUT2D eigenvalue weighted by molar-refractivity contribution is 7.78. The summed E-state index contributed by atoms with van der Waals surface area (Å²) < 4.78 is 32.3. The van der Waals surface area contributed by atoms with Crippen LogP contribution in [0, 0.1) is 0 Å². The van der Waals surface area contributed by atoms with E-state index in [0.717, 1.165) is 16.6 Å². The fourth-order valence-corrected chi connectivity index (χ4v) is 2.55. The van der Waals surface area contributed by atoms with Crippen molar-refractivity contribution in [2.75, 3.05) is 19.5 Å². The zero-order valence-corrected chi connectivity index (χ0v) is 13.7. The molecule has 2 N–H and O–H groups in total.